The molecular formula is C16H21N3O2. The summed E-state index contributed by atoms with van der Waals surface area (Å²) >= 11 is 0. The van der Waals surface area contributed by atoms with Gasteiger partial charge in [0.1, 0.15) is 5.75 Å². The molecule has 1 heterocycles. The Morgan fingerprint density at radius 1 is 1.33 bits per heavy atom. The Morgan fingerprint density at radius 3 is 2.81 bits per heavy atom. The van der Waals surface area contributed by atoms with Gasteiger partial charge < -0.3 is 10.5 Å². The van der Waals surface area contributed by atoms with Crippen LogP contribution in [0.2, 0.25) is 0 Å². The SMILES string of the molecule is CCCCn1nc(-c2cccc(OC)c2)cc(CN)c1=O. The van der Waals surface area contributed by atoms with Crippen LogP contribution in [0.15, 0.2) is 35.1 Å². The summed E-state index contributed by atoms with van der Waals surface area (Å²) in [5.74, 6) is 0.759. The van der Waals surface area contributed by atoms with Crippen molar-refractivity contribution in [2.75, 3.05) is 7.11 Å². The van der Waals surface area contributed by atoms with E-state index in [9.17, 15) is 4.79 Å². The summed E-state index contributed by atoms with van der Waals surface area (Å²) in [6.45, 7) is 2.91. The molecule has 0 aliphatic rings. The van der Waals surface area contributed by atoms with Crippen LogP contribution in [0.3, 0.4) is 0 Å². The van der Waals surface area contributed by atoms with Crippen LogP contribution in [0.1, 0.15) is 25.3 Å². The highest BCUT2D eigenvalue weighted by molar-refractivity contribution is 5.61. The number of methoxy groups -OCH3 is 1. The zero-order chi connectivity index (χ0) is 15.2. The minimum absolute atomic E-state index is 0.0994. The molecule has 21 heavy (non-hydrogen) atoms. The normalized spacial score (nSPS) is 10.6. The molecule has 1 aromatic carbocycles. The lowest BCUT2D eigenvalue weighted by molar-refractivity contribution is 0.415. The van der Waals surface area contributed by atoms with E-state index < -0.39 is 0 Å². The molecule has 112 valence electrons. The van der Waals surface area contributed by atoms with E-state index in [-0.39, 0.29) is 12.1 Å². The molecule has 0 aliphatic carbocycles. The van der Waals surface area contributed by atoms with Crippen LogP contribution in [-0.4, -0.2) is 16.9 Å². The Balaban J connectivity index is 2.49. The Hall–Kier alpha value is -2.14. The number of nitrogens with zero attached hydrogens (tertiary/aromatic N) is 2. The molecule has 0 saturated carbocycles. The lowest BCUT2D eigenvalue weighted by Crippen LogP contribution is -2.28. The van der Waals surface area contributed by atoms with E-state index in [2.05, 4.69) is 12.0 Å². The molecule has 2 aromatic rings. The maximum absolute atomic E-state index is 12.2. The van der Waals surface area contributed by atoms with Crippen LogP contribution in [0.25, 0.3) is 11.3 Å². The van der Waals surface area contributed by atoms with Gasteiger partial charge in [-0.05, 0) is 24.6 Å². The summed E-state index contributed by atoms with van der Waals surface area (Å²) in [6.07, 6.45) is 1.92. The topological polar surface area (TPSA) is 70.1 Å². The van der Waals surface area contributed by atoms with Crippen molar-refractivity contribution in [1.29, 1.82) is 0 Å². The van der Waals surface area contributed by atoms with Crippen molar-refractivity contribution >= 4 is 0 Å². The van der Waals surface area contributed by atoms with Gasteiger partial charge in [-0.25, -0.2) is 4.68 Å². The van der Waals surface area contributed by atoms with Crippen molar-refractivity contribution in [3.8, 4) is 17.0 Å². The number of hydrogen-bond donors (Lipinski definition) is 1. The number of rotatable bonds is 6. The van der Waals surface area contributed by atoms with E-state index in [0.29, 0.717) is 12.1 Å². The zero-order valence-corrected chi connectivity index (χ0v) is 12.5. The smallest absolute Gasteiger partial charge is 0.271 e. The number of unbranched alkanes of at least 4 members (excludes halogenated alkanes) is 1. The second kappa shape index (κ2) is 7.04. The van der Waals surface area contributed by atoms with Gasteiger partial charge in [-0.3, -0.25) is 4.79 Å². The Morgan fingerprint density at radius 2 is 2.14 bits per heavy atom. The predicted molar refractivity (Wildman–Crippen MR) is 83.3 cm³/mol. The molecule has 0 fully saturated rings. The van der Waals surface area contributed by atoms with Crippen molar-refractivity contribution in [2.45, 2.75) is 32.9 Å². The van der Waals surface area contributed by atoms with E-state index in [0.717, 1.165) is 29.8 Å². The first-order valence-electron chi connectivity index (χ1n) is 7.15. The largest absolute Gasteiger partial charge is 0.497 e. The van der Waals surface area contributed by atoms with Gasteiger partial charge in [0, 0.05) is 24.2 Å². The number of benzene rings is 1. The van der Waals surface area contributed by atoms with Crippen molar-refractivity contribution in [1.82, 2.24) is 9.78 Å². The third kappa shape index (κ3) is 3.49. The van der Waals surface area contributed by atoms with Crippen molar-refractivity contribution in [3.05, 3.63) is 46.2 Å². The van der Waals surface area contributed by atoms with Crippen molar-refractivity contribution < 1.29 is 4.74 Å². The second-order valence-electron chi connectivity index (χ2n) is 4.87. The fraction of sp³-hybridized carbons (Fsp3) is 0.375. The van der Waals surface area contributed by atoms with E-state index in [1.807, 2.05) is 24.3 Å². The predicted octanol–water partition coefficient (Wildman–Crippen LogP) is 2.18. The minimum Gasteiger partial charge on any atom is -0.497 e. The van der Waals surface area contributed by atoms with Gasteiger partial charge in [0.15, 0.2) is 0 Å². The molecule has 0 atom stereocenters. The van der Waals surface area contributed by atoms with Crippen LogP contribution in [-0.2, 0) is 13.1 Å². The molecule has 0 bridgehead atoms. The maximum atomic E-state index is 12.2. The molecule has 0 amide bonds. The van der Waals surface area contributed by atoms with E-state index >= 15 is 0 Å². The summed E-state index contributed by atoms with van der Waals surface area (Å²) in [7, 11) is 1.63. The molecule has 2 N–H and O–H groups in total. The van der Waals surface area contributed by atoms with Crippen molar-refractivity contribution in [2.24, 2.45) is 5.73 Å². The Labute approximate surface area is 124 Å². The third-order valence-corrected chi connectivity index (χ3v) is 3.36. The lowest BCUT2D eigenvalue weighted by atomic mass is 10.1. The molecule has 0 aliphatic heterocycles. The average molecular weight is 287 g/mol. The number of nitrogens with two attached hydrogens (primary N) is 1. The van der Waals surface area contributed by atoms with Crippen molar-refractivity contribution in [3.63, 3.8) is 0 Å². The monoisotopic (exact) mass is 287 g/mol. The summed E-state index contributed by atoms with van der Waals surface area (Å²) in [5.41, 5.74) is 7.82. The standard InChI is InChI=1S/C16H21N3O2/c1-3-4-8-19-16(20)13(11-17)10-15(18-19)12-6-5-7-14(9-12)21-2/h5-7,9-10H,3-4,8,11,17H2,1-2H3. The average Bonchev–Trinajstić information content (AvgIpc) is 2.54. The summed E-state index contributed by atoms with van der Waals surface area (Å²) in [5, 5.41) is 4.46. The third-order valence-electron chi connectivity index (χ3n) is 3.36. The molecule has 5 nitrogen and oxygen atoms in total. The van der Waals surface area contributed by atoms with E-state index in [1.165, 1.54) is 4.68 Å². The van der Waals surface area contributed by atoms with Gasteiger partial charge in [0.05, 0.1) is 12.8 Å². The molecule has 5 heteroatoms. The van der Waals surface area contributed by atoms with Crippen LogP contribution in [0.4, 0.5) is 0 Å². The number of aromatic nitrogens is 2. The van der Waals surface area contributed by atoms with E-state index in [1.54, 1.807) is 13.2 Å². The molecule has 2 rings (SSSR count). The Bertz CT molecular complexity index is 665. The van der Waals surface area contributed by atoms with Crippen LogP contribution >= 0.6 is 0 Å². The fourth-order valence-corrected chi connectivity index (χ4v) is 2.13. The Kier molecular flexibility index (Phi) is 5.11. The summed E-state index contributed by atoms with van der Waals surface area (Å²) < 4.78 is 6.75. The number of hydrogen-bond acceptors (Lipinski definition) is 4. The zero-order valence-electron chi connectivity index (χ0n) is 12.5. The van der Waals surface area contributed by atoms with Crippen LogP contribution < -0.4 is 16.0 Å². The summed E-state index contributed by atoms with van der Waals surface area (Å²) in [4.78, 5) is 12.2. The quantitative estimate of drug-likeness (QED) is 0.884. The van der Waals surface area contributed by atoms with E-state index in [4.69, 9.17) is 10.5 Å². The first-order chi connectivity index (χ1) is 10.2. The highest BCUT2D eigenvalue weighted by Gasteiger charge is 2.09. The lowest BCUT2D eigenvalue weighted by Gasteiger charge is -2.10. The van der Waals surface area contributed by atoms with Gasteiger partial charge >= 0.3 is 0 Å². The second-order valence-corrected chi connectivity index (χ2v) is 4.87. The van der Waals surface area contributed by atoms with Gasteiger partial charge in [0.25, 0.3) is 5.56 Å². The van der Waals surface area contributed by atoms with Crippen LogP contribution in [0.5, 0.6) is 5.75 Å². The minimum atomic E-state index is -0.0994. The van der Waals surface area contributed by atoms with Gasteiger partial charge in [-0.2, -0.15) is 5.10 Å². The van der Waals surface area contributed by atoms with Gasteiger partial charge in [-0.15, -0.1) is 0 Å². The maximum Gasteiger partial charge on any atom is 0.271 e. The highest BCUT2D eigenvalue weighted by Crippen LogP contribution is 2.21. The molecule has 0 unspecified atom stereocenters. The van der Waals surface area contributed by atoms with Gasteiger partial charge in [0.2, 0.25) is 0 Å². The molecule has 0 saturated heterocycles. The van der Waals surface area contributed by atoms with Gasteiger partial charge in [-0.1, -0.05) is 25.5 Å². The number of ether oxygens (including phenoxy) is 1. The first kappa shape index (κ1) is 15.3. The fourth-order valence-electron chi connectivity index (χ4n) is 2.13. The highest BCUT2D eigenvalue weighted by atomic mass is 16.5. The molecule has 0 radical (unpaired) electrons. The first-order valence-corrected chi connectivity index (χ1v) is 7.15. The molecule has 1 aromatic heterocycles. The molecular weight excluding hydrogens is 266 g/mol. The summed E-state index contributed by atoms with van der Waals surface area (Å²) in [6, 6.07) is 9.39. The van der Waals surface area contributed by atoms with Crippen LogP contribution in [0, 0.1) is 0 Å². The molecule has 0 spiro atoms. The number of aryl methyl sites for hydroxylation is 1.